The fourth-order valence-electron chi connectivity index (χ4n) is 5.60. The van der Waals surface area contributed by atoms with Crippen molar-refractivity contribution < 1.29 is 23.3 Å². The first-order valence-electron chi connectivity index (χ1n) is 14.0. The molecule has 1 aliphatic rings. The lowest BCUT2D eigenvalue weighted by Gasteiger charge is -2.42. The third kappa shape index (κ3) is 6.77. The number of methoxy groups -OCH3 is 1. The number of likely N-dealkylation sites (tertiary alicyclic amines) is 1. The number of rotatable bonds is 11. The Kier molecular flexibility index (Phi) is 10.3. The average molecular weight is 579 g/mol. The SMILES string of the molecule is C=C1CC(CO[Si](C)(C)C(C)(C)C)N(C(=O)c2cc(OC)c(O[Si](C(C)C)(C(C)C)C(C)C)cc2[N+](=O)[O-])C1. The number of nitro groups is 1. The number of carbonyl (C=O) groups excluding carboxylic acids is 1. The zero-order chi connectivity index (χ0) is 30.1. The van der Waals surface area contributed by atoms with E-state index in [0.29, 0.717) is 31.1 Å². The van der Waals surface area contributed by atoms with Crippen molar-refractivity contribution in [1.29, 1.82) is 0 Å². The number of hydrogen-bond donors (Lipinski definition) is 0. The molecular weight excluding hydrogens is 528 g/mol. The molecule has 0 aliphatic carbocycles. The van der Waals surface area contributed by atoms with Crippen LogP contribution in [0, 0.1) is 10.1 Å². The first-order valence-corrected chi connectivity index (χ1v) is 19.0. The van der Waals surface area contributed by atoms with Crippen molar-refractivity contribution in [1.82, 2.24) is 4.90 Å². The summed E-state index contributed by atoms with van der Waals surface area (Å²) in [6.07, 6.45) is 0.609. The molecule has 0 radical (unpaired) electrons. The summed E-state index contributed by atoms with van der Waals surface area (Å²) in [5, 5.41) is 12.3. The Hall–Kier alpha value is -2.18. The van der Waals surface area contributed by atoms with Crippen LogP contribution in [-0.2, 0) is 4.43 Å². The molecular formula is C29H50N2O6Si2. The van der Waals surface area contributed by atoms with Crippen LogP contribution >= 0.6 is 0 Å². The number of ether oxygens (including phenoxy) is 1. The molecule has 0 bridgehead atoms. The number of nitro benzene ring substituents is 1. The summed E-state index contributed by atoms with van der Waals surface area (Å²) >= 11 is 0. The highest BCUT2D eigenvalue weighted by Crippen LogP contribution is 2.46. The third-order valence-corrected chi connectivity index (χ3v) is 19.3. The number of nitrogens with zero attached hydrogens (tertiary/aromatic N) is 2. The van der Waals surface area contributed by atoms with E-state index in [1.165, 1.54) is 19.2 Å². The second kappa shape index (κ2) is 12.1. The van der Waals surface area contributed by atoms with E-state index in [0.717, 1.165) is 5.57 Å². The van der Waals surface area contributed by atoms with E-state index in [-0.39, 0.29) is 39.0 Å². The highest BCUT2D eigenvalue weighted by Gasteiger charge is 2.48. The fourth-order valence-corrected chi connectivity index (χ4v) is 11.9. The Balaban J connectivity index is 2.53. The van der Waals surface area contributed by atoms with Crippen molar-refractivity contribution in [2.24, 2.45) is 0 Å². The molecule has 1 aliphatic heterocycles. The smallest absolute Gasteiger partial charge is 0.286 e. The van der Waals surface area contributed by atoms with Crippen molar-refractivity contribution in [3.63, 3.8) is 0 Å². The third-order valence-electron chi connectivity index (χ3n) is 8.77. The van der Waals surface area contributed by atoms with Crippen LogP contribution in [0.3, 0.4) is 0 Å². The zero-order valence-electron chi connectivity index (χ0n) is 26.1. The van der Waals surface area contributed by atoms with Crippen LogP contribution in [0.4, 0.5) is 5.69 Å². The molecule has 1 fully saturated rings. The predicted octanol–water partition coefficient (Wildman–Crippen LogP) is 7.95. The molecule has 220 valence electrons. The van der Waals surface area contributed by atoms with Crippen molar-refractivity contribution >= 4 is 28.2 Å². The van der Waals surface area contributed by atoms with Crippen LogP contribution in [0.15, 0.2) is 24.3 Å². The van der Waals surface area contributed by atoms with Gasteiger partial charge in [-0.1, -0.05) is 74.5 Å². The van der Waals surface area contributed by atoms with Gasteiger partial charge in [-0.15, -0.1) is 0 Å². The van der Waals surface area contributed by atoms with Gasteiger partial charge in [-0.3, -0.25) is 14.9 Å². The van der Waals surface area contributed by atoms with Gasteiger partial charge in [0, 0.05) is 12.6 Å². The second-order valence-electron chi connectivity index (χ2n) is 13.3. The molecule has 0 N–H and O–H groups in total. The Morgan fingerprint density at radius 3 is 2.08 bits per heavy atom. The summed E-state index contributed by atoms with van der Waals surface area (Å²) < 4.78 is 18.9. The van der Waals surface area contributed by atoms with Crippen molar-refractivity contribution in [3.05, 3.63) is 40.0 Å². The molecule has 8 nitrogen and oxygen atoms in total. The molecule has 0 aromatic heterocycles. The largest absolute Gasteiger partial charge is 0.540 e. The second-order valence-corrected chi connectivity index (χ2v) is 23.5. The minimum absolute atomic E-state index is 0.0119. The monoisotopic (exact) mass is 578 g/mol. The summed E-state index contributed by atoms with van der Waals surface area (Å²) in [5.74, 6) is 0.233. The molecule has 1 heterocycles. The zero-order valence-corrected chi connectivity index (χ0v) is 28.1. The van der Waals surface area contributed by atoms with E-state index in [4.69, 9.17) is 13.6 Å². The number of amides is 1. The van der Waals surface area contributed by atoms with Gasteiger partial charge in [-0.25, -0.2) is 0 Å². The highest BCUT2D eigenvalue weighted by molar-refractivity contribution is 6.78. The van der Waals surface area contributed by atoms with E-state index in [1.807, 2.05) is 0 Å². The molecule has 10 heteroatoms. The summed E-state index contributed by atoms with van der Waals surface area (Å²) in [7, 11) is -2.98. The lowest BCUT2D eigenvalue weighted by Crippen LogP contribution is -2.50. The maximum absolute atomic E-state index is 13.9. The molecule has 1 unspecified atom stereocenters. The molecule has 1 aromatic carbocycles. The molecule has 39 heavy (non-hydrogen) atoms. The number of carbonyl (C=O) groups is 1. The Morgan fingerprint density at radius 2 is 1.64 bits per heavy atom. The first kappa shape index (κ1) is 33.0. The average Bonchev–Trinajstić information content (AvgIpc) is 3.19. The summed E-state index contributed by atoms with van der Waals surface area (Å²) in [6.45, 7) is 28.6. The minimum atomic E-state index is -2.43. The van der Waals surface area contributed by atoms with Gasteiger partial charge in [0.2, 0.25) is 0 Å². The molecule has 0 spiro atoms. The van der Waals surface area contributed by atoms with Gasteiger partial charge in [0.05, 0.1) is 30.7 Å². The quantitative estimate of drug-likeness (QED) is 0.114. The van der Waals surface area contributed by atoms with Gasteiger partial charge in [0.1, 0.15) is 5.56 Å². The van der Waals surface area contributed by atoms with Crippen LogP contribution < -0.4 is 9.16 Å². The minimum Gasteiger partial charge on any atom is -0.540 e. The number of benzene rings is 1. The van der Waals surface area contributed by atoms with E-state index in [2.05, 4.69) is 82.0 Å². The van der Waals surface area contributed by atoms with Gasteiger partial charge >= 0.3 is 0 Å². The van der Waals surface area contributed by atoms with Crippen LogP contribution in [0.5, 0.6) is 11.5 Å². The fraction of sp³-hybridized carbons (Fsp3) is 0.690. The summed E-state index contributed by atoms with van der Waals surface area (Å²) in [4.78, 5) is 27.3. The lowest BCUT2D eigenvalue weighted by atomic mass is 10.1. The summed E-state index contributed by atoms with van der Waals surface area (Å²) in [6, 6.07) is 2.62. The van der Waals surface area contributed by atoms with Crippen molar-refractivity contribution in [2.45, 2.75) is 110 Å². The predicted molar refractivity (Wildman–Crippen MR) is 163 cm³/mol. The number of hydrogen-bond acceptors (Lipinski definition) is 6. The Bertz CT molecular complexity index is 1060. The molecule has 0 saturated carbocycles. The van der Waals surface area contributed by atoms with Gasteiger partial charge in [-0.2, -0.15) is 0 Å². The van der Waals surface area contributed by atoms with Gasteiger partial charge in [0.15, 0.2) is 19.8 Å². The van der Waals surface area contributed by atoms with E-state index in [1.54, 1.807) is 4.90 Å². The van der Waals surface area contributed by atoms with Crippen LogP contribution in [0.2, 0.25) is 34.8 Å². The maximum Gasteiger partial charge on any atom is 0.286 e. The van der Waals surface area contributed by atoms with Crippen LogP contribution in [-0.4, -0.2) is 58.7 Å². The highest BCUT2D eigenvalue weighted by atomic mass is 28.4. The molecule has 1 saturated heterocycles. The van der Waals surface area contributed by atoms with Gasteiger partial charge in [-0.05, 0) is 41.2 Å². The van der Waals surface area contributed by atoms with E-state index >= 15 is 0 Å². The Labute approximate surface area is 237 Å². The Morgan fingerprint density at radius 1 is 1.10 bits per heavy atom. The molecule has 2 rings (SSSR count). The lowest BCUT2D eigenvalue weighted by molar-refractivity contribution is -0.385. The standard InChI is InChI=1S/C29H50N2O6Si2/c1-19(2)39(20(3)4,21(5)6)37-27-16-25(31(33)34)24(15-26(27)35-11)28(32)30-17-22(7)14-23(30)18-36-38(12,13)29(8,9)10/h15-16,19-21,23H,7,14,17-18H2,1-6,8-13H3. The molecule has 1 atom stereocenters. The van der Waals surface area contributed by atoms with E-state index in [9.17, 15) is 14.9 Å². The molecule has 1 aromatic rings. The van der Waals surface area contributed by atoms with Crippen molar-refractivity contribution in [2.75, 3.05) is 20.3 Å². The van der Waals surface area contributed by atoms with Gasteiger partial charge in [0.25, 0.3) is 19.9 Å². The van der Waals surface area contributed by atoms with E-state index < -0.39 is 27.5 Å². The van der Waals surface area contributed by atoms with Crippen molar-refractivity contribution in [3.8, 4) is 11.5 Å². The van der Waals surface area contributed by atoms with Gasteiger partial charge < -0.3 is 18.5 Å². The molecule has 1 amide bonds. The maximum atomic E-state index is 13.9. The summed E-state index contributed by atoms with van der Waals surface area (Å²) in [5.41, 5.74) is 1.40. The van der Waals surface area contributed by atoms with Crippen LogP contribution in [0.25, 0.3) is 0 Å². The normalized spacial score (nSPS) is 16.9. The van der Waals surface area contributed by atoms with Crippen LogP contribution in [0.1, 0.15) is 79.1 Å². The first-order chi connectivity index (χ1) is 17.8. The topological polar surface area (TPSA) is 91.1 Å².